The first-order chi connectivity index (χ1) is 8.99. The molecule has 0 aliphatic rings. The molecule has 2 heteroatoms. The minimum absolute atomic E-state index is 0.123. The molecule has 1 aromatic carbocycles. The molecule has 0 saturated heterocycles. The average Bonchev–Trinajstić information content (AvgIpc) is 2.37. The van der Waals surface area contributed by atoms with Crippen LogP contribution in [0, 0.1) is 0 Å². The predicted molar refractivity (Wildman–Crippen MR) is 82.9 cm³/mol. The van der Waals surface area contributed by atoms with Crippen molar-refractivity contribution in [2.75, 3.05) is 13.2 Å². The van der Waals surface area contributed by atoms with Crippen molar-refractivity contribution in [1.82, 2.24) is 0 Å². The standard InChI is InChI=1S/C17H29NO/c1-5-14-9-10-16(15(13-14)17(2,3)4)19-12-8-6-7-11-18/h9-10,13H,5-8,11-12,18H2,1-4H3. The maximum absolute atomic E-state index is 5.97. The number of aryl methyl sites for hydroxylation is 1. The van der Waals surface area contributed by atoms with Gasteiger partial charge < -0.3 is 10.5 Å². The van der Waals surface area contributed by atoms with Crippen molar-refractivity contribution >= 4 is 0 Å². The Morgan fingerprint density at radius 1 is 1.11 bits per heavy atom. The van der Waals surface area contributed by atoms with Crippen LogP contribution in [-0.2, 0) is 11.8 Å². The number of unbranched alkanes of at least 4 members (excludes halogenated alkanes) is 2. The maximum atomic E-state index is 5.97. The van der Waals surface area contributed by atoms with Crippen molar-refractivity contribution in [1.29, 1.82) is 0 Å². The van der Waals surface area contributed by atoms with Crippen LogP contribution in [0.3, 0.4) is 0 Å². The summed E-state index contributed by atoms with van der Waals surface area (Å²) in [4.78, 5) is 0. The molecule has 0 amide bonds. The summed E-state index contributed by atoms with van der Waals surface area (Å²) in [6.45, 7) is 10.5. The van der Waals surface area contributed by atoms with Gasteiger partial charge in [-0.05, 0) is 54.8 Å². The molecular formula is C17H29NO. The quantitative estimate of drug-likeness (QED) is 0.753. The lowest BCUT2D eigenvalue weighted by atomic mass is 9.85. The Hall–Kier alpha value is -1.02. The van der Waals surface area contributed by atoms with Crippen molar-refractivity contribution < 1.29 is 4.74 Å². The van der Waals surface area contributed by atoms with E-state index in [1.54, 1.807) is 0 Å². The van der Waals surface area contributed by atoms with Gasteiger partial charge in [0.25, 0.3) is 0 Å². The van der Waals surface area contributed by atoms with E-state index in [-0.39, 0.29) is 5.41 Å². The fraction of sp³-hybridized carbons (Fsp3) is 0.647. The first-order valence-electron chi connectivity index (χ1n) is 7.45. The van der Waals surface area contributed by atoms with E-state index in [0.717, 1.165) is 44.6 Å². The number of hydrogen-bond donors (Lipinski definition) is 1. The summed E-state index contributed by atoms with van der Waals surface area (Å²) in [5.74, 6) is 1.04. The van der Waals surface area contributed by atoms with E-state index < -0.39 is 0 Å². The summed E-state index contributed by atoms with van der Waals surface area (Å²) in [5, 5.41) is 0. The Morgan fingerprint density at radius 3 is 2.42 bits per heavy atom. The number of nitrogens with two attached hydrogens (primary N) is 1. The van der Waals surface area contributed by atoms with Gasteiger partial charge in [-0.25, -0.2) is 0 Å². The van der Waals surface area contributed by atoms with Crippen LogP contribution >= 0.6 is 0 Å². The lowest BCUT2D eigenvalue weighted by Gasteiger charge is -2.23. The summed E-state index contributed by atoms with van der Waals surface area (Å²) in [6, 6.07) is 6.59. The van der Waals surface area contributed by atoms with Gasteiger partial charge in [0.2, 0.25) is 0 Å². The van der Waals surface area contributed by atoms with Gasteiger partial charge in [-0.2, -0.15) is 0 Å². The van der Waals surface area contributed by atoms with E-state index in [4.69, 9.17) is 10.5 Å². The second-order valence-electron chi connectivity index (χ2n) is 6.13. The van der Waals surface area contributed by atoms with Crippen LogP contribution in [0.25, 0.3) is 0 Å². The van der Waals surface area contributed by atoms with Crippen molar-refractivity contribution in [2.24, 2.45) is 5.73 Å². The van der Waals surface area contributed by atoms with Gasteiger partial charge in [0.05, 0.1) is 6.61 Å². The normalized spacial score (nSPS) is 11.6. The van der Waals surface area contributed by atoms with E-state index in [0.29, 0.717) is 0 Å². The molecule has 0 radical (unpaired) electrons. The summed E-state index contributed by atoms with van der Waals surface area (Å²) in [6.07, 6.45) is 4.38. The number of rotatable bonds is 7. The summed E-state index contributed by atoms with van der Waals surface area (Å²) >= 11 is 0. The van der Waals surface area contributed by atoms with Crippen molar-refractivity contribution in [3.05, 3.63) is 29.3 Å². The van der Waals surface area contributed by atoms with Gasteiger partial charge in [0.15, 0.2) is 0 Å². The topological polar surface area (TPSA) is 35.2 Å². The molecule has 0 spiro atoms. The van der Waals surface area contributed by atoms with Gasteiger partial charge in [0, 0.05) is 0 Å². The Kier molecular flexibility index (Phi) is 6.36. The Labute approximate surface area is 118 Å². The van der Waals surface area contributed by atoms with E-state index in [1.807, 2.05) is 0 Å². The lowest BCUT2D eigenvalue weighted by molar-refractivity contribution is 0.297. The van der Waals surface area contributed by atoms with Crippen LogP contribution in [0.2, 0.25) is 0 Å². The third-order valence-corrected chi connectivity index (χ3v) is 3.37. The average molecular weight is 263 g/mol. The molecule has 0 unspecified atom stereocenters. The number of ether oxygens (including phenoxy) is 1. The van der Waals surface area contributed by atoms with Gasteiger partial charge >= 0.3 is 0 Å². The molecule has 1 aromatic rings. The van der Waals surface area contributed by atoms with Crippen LogP contribution in [-0.4, -0.2) is 13.2 Å². The Bertz CT molecular complexity index is 379. The minimum Gasteiger partial charge on any atom is -0.493 e. The highest BCUT2D eigenvalue weighted by molar-refractivity contribution is 5.41. The predicted octanol–water partition coefficient (Wildman–Crippen LogP) is 4.05. The molecule has 0 bridgehead atoms. The van der Waals surface area contributed by atoms with Gasteiger partial charge in [0.1, 0.15) is 5.75 Å². The molecule has 0 saturated carbocycles. The van der Waals surface area contributed by atoms with Crippen molar-refractivity contribution in [2.45, 2.75) is 58.8 Å². The molecule has 19 heavy (non-hydrogen) atoms. The van der Waals surface area contributed by atoms with Crippen molar-refractivity contribution in [3.63, 3.8) is 0 Å². The van der Waals surface area contributed by atoms with E-state index >= 15 is 0 Å². The Morgan fingerprint density at radius 2 is 1.84 bits per heavy atom. The monoisotopic (exact) mass is 263 g/mol. The second kappa shape index (κ2) is 7.54. The third kappa shape index (κ3) is 5.23. The molecule has 2 N–H and O–H groups in total. The van der Waals surface area contributed by atoms with Gasteiger partial charge in [-0.1, -0.05) is 39.8 Å². The van der Waals surface area contributed by atoms with E-state index in [2.05, 4.69) is 45.9 Å². The fourth-order valence-corrected chi connectivity index (χ4v) is 2.11. The third-order valence-electron chi connectivity index (χ3n) is 3.37. The largest absolute Gasteiger partial charge is 0.493 e. The zero-order valence-corrected chi connectivity index (χ0v) is 13.0. The zero-order chi connectivity index (χ0) is 14.3. The maximum Gasteiger partial charge on any atom is 0.123 e. The SMILES string of the molecule is CCc1ccc(OCCCCCN)c(C(C)(C)C)c1. The van der Waals surface area contributed by atoms with Crippen LogP contribution in [0.4, 0.5) is 0 Å². The van der Waals surface area contributed by atoms with Gasteiger partial charge in [-0.3, -0.25) is 0 Å². The fourth-order valence-electron chi connectivity index (χ4n) is 2.11. The molecule has 0 fully saturated rings. The summed E-state index contributed by atoms with van der Waals surface area (Å²) < 4.78 is 5.97. The highest BCUT2D eigenvalue weighted by Gasteiger charge is 2.19. The van der Waals surface area contributed by atoms with Crippen LogP contribution in [0.1, 0.15) is 58.1 Å². The molecule has 1 rings (SSSR count). The van der Waals surface area contributed by atoms with Crippen LogP contribution in [0.5, 0.6) is 5.75 Å². The summed E-state index contributed by atoms with van der Waals surface area (Å²) in [7, 11) is 0. The molecular weight excluding hydrogens is 234 g/mol. The van der Waals surface area contributed by atoms with Gasteiger partial charge in [-0.15, -0.1) is 0 Å². The molecule has 0 aromatic heterocycles. The summed E-state index contributed by atoms with van der Waals surface area (Å²) in [5.41, 5.74) is 8.30. The number of hydrogen-bond acceptors (Lipinski definition) is 2. The molecule has 0 aliphatic carbocycles. The van der Waals surface area contributed by atoms with E-state index in [1.165, 1.54) is 11.1 Å². The van der Waals surface area contributed by atoms with Crippen LogP contribution in [0.15, 0.2) is 18.2 Å². The molecule has 2 nitrogen and oxygen atoms in total. The Balaban J connectivity index is 2.71. The smallest absolute Gasteiger partial charge is 0.123 e. The first-order valence-corrected chi connectivity index (χ1v) is 7.45. The zero-order valence-electron chi connectivity index (χ0n) is 13.0. The first kappa shape index (κ1) is 16.0. The van der Waals surface area contributed by atoms with E-state index in [9.17, 15) is 0 Å². The highest BCUT2D eigenvalue weighted by Crippen LogP contribution is 2.32. The van der Waals surface area contributed by atoms with Crippen LogP contribution < -0.4 is 10.5 Å². The molecule has 0 heterocycles. The second-order valence-corrected chi connectivity index (χ2v) is 6.13. The number of benzene rings is 1. The minimum atomic E-state index is 0.123. The molecule has 0 aliphatic heterocycles. The highest BCUT2D eigenvalue weighted by atomic mass is 16.5. The lowest BCUT2D eigenvalue weighted by Crippen LogP contribution is -2.14. The molecule has 108 valence electrons. The molecule has 0 atom stereocenters. The van der Waals surface area contributed by atoms with Crippen molar-refractivity contribution in [3.8, 4) is 5.75 Å².